The molecule has 0 radical (unpaired) electrons. The van der Waals surface area contributed by atoms with E-state index in [2.05, 4.69) is 4.90 Å². The molecule has 0 saturated carbocycles. The van der Waals surface area contributed by atoms with E-state index in [0.717, 1.165) is 22.7 Å². The van der Waals surface area contributed by atoms with Gasteiger partial charge in [-0.05, 0) is 36.6 Å². The summed E-state index contributed by atoms with van der Waals surface area (Å²) in [4.78, 5) is 14.8. The van der Waals surface area contributed by atoms with Crippen LogP contribution in [-0.2, 0) is 11.2 Å². The molecule has 1 heterocycles. The third-order valence-corrected chi connectivity index (χ3v) is 5.77. The number of halogens is 2. The summed E-state index contributed by atoms with van der Waals surface area (Å²) in [6, 6.07) is 12.2. The van der Waals surface area contributed by atoms with Crippen LogP contribution in [0.4, 0.5) is 0 Å². The van der Waals surface area contributed by atoms with Crippen LogP contribution in [0.1, 0.15) is 29.2 Å². The quantitative estimate of drug-likeness (QED) is 0.547. The molecule has 0 spiro atoms. The Morgan fingerprint density at radius 3 is 2.54 bits per heavy atom. The fraction of sp³-hybridized carbons (Fsp3) is 0.381. The Morgan fingerprint density at radius 2 is 1.93 bits per heavy atom. The minimum absolute atomic E-state index is 0.0123. The van der Waals surface area contributed by atoms with Gasteiger partial charge in [0.05, 0.1) is 28.6 Å². The lowest BCUT2D eigenvalue weighted by molar-refractivity contribution is -0.177. The van der Waals surface area contributed by atoms with Crippen molar-refractivity contribution in [1.82, 2.24) is 9.96 Å². The van der Waals surface area contributed by atoms with Crippen molar-refractivity contribution >= 4 is 29.1 Å². The molecule has 0 aromatic heterocycles. The van der Waals surface area contributed by atoms with Crippen LogP contribution in [-0.4, -0.2) is 51.9 Å². The lowest BCUT2D eigenvalue weighted by atomic mass is 10.0. The van der Waals surface area contributed by atoms with Gasteiger partial charge in [0.1, 0.15) is 0 Å². The highest BCUT2D eigenvalue weighted by Crippen LogP contribution is 2.26. The van der Waals surface area contributed by atoms with E-state index >= 15 is 0 Å². The zero-order valence-corrected chi connectivity index (χ0v) is 17.2. The normalized spacial score (nSPS) is 18.2. The largest absolute Gasteiger partial charge is 0.392 e. The maximum Gasteiger partial charge on any atom is 0.250 e. The Balaban J connectivity index is 1.78. The van der Waals surface area contributed by atoms with Crippen LogP contribution in [0.25, 0.3) is 0 Å². The number of aliphatic hydroxyl groups excluding tert-OH is 1. The van der Waals surface area contributed by atoms with Gasteiger partial charge in [0.15, 0.2) is 0 Å². The van der Waals surface area contributed by atoms with Gasteiger partial charge in [0.2, 0.25) is 0 Å². The maximum atomic E-state index is 12.8. The number of likely N-dealkylation sites (tertiary alicyclic amines) is 1. The highest BCUT2D eigenvalue weighted by molar-refractivity contribution is 6.42. The van der Waals surface area contributed by atoms with Crippen LogP contribution in [0.3, 0.4) is 0 Å². The molecule has 2 aromatic carbocycles. The van der Waals surface area contributed by atoms with Gasteiger partial charge < -0.3 is 5.11 Å². The number of carbonyl (C=O) groups excluding carboxylic acids is 1. The summed E-state index contributed by atoms with van der Waals surface area (Å²) in [5, 5.41) is 22.1. The zero-order chi connectivity index (χ0) is 20.3. The molecule has 150 valence electrons. The van der Waals surface area contributed by atoms with Gasteiger partial charge in [0.25, 0.3) is 5.91 Å². The van der Waals surface area contributed by atoms with Gasteiger partial charge in [-0.2, -0.15) is 0 Å². The number of aliphatic hydroxyl groups is 1. The van der Waals surface area contributed by atoms with Crippen molar-refractivity contribution in [2.75, 3.05) is 19.6 Å². The highest BCUT2D eigenvalue weighted by atomic mass is 35.5. The Hall–Kier alpha value is -1.63. The lowest BCUT2D eigenvalue weighted by Gasteiger charge is -2.30. The highest BCUT2D eigenvalue weighted by Gasteiger charge is 2.29. The first kappa shape index (κ1) is 21.1. The van der Waals surface area contributed by atoms with Crippen molar-refractivity contribution in [1.29, 1.82) is 0 Å². The van der Waals surface area contributed by atoms with E-state index in [-0.39, 0.29) is 12.5 Å². The first-order valence-corrected chi connectivity index (χ1v) is 10.0. The number of hydroxylamine groups is 2. The minimum atomic E-state index is -0.527. The Bertz CT molecular complexity index is 829. The Kier molecular flexibility index (Phi) is 6.96. The van der Waals surface area contributed by atoms with Crippen LogP contribution in [0, 0.1) is 6.92 Å². The number of nitrogens with zero attached hydrogens (tertiary/aromatic N) is 2. The number of rotatable bonds is 6. The smallest absolute Gasteiger partial charge is 0.250 e. The van der Waals surface area contributed by atoms with Crippen molar-refractivity contribution < 1.29 is 15.1 Å². The predicted octanol–water partition coefficient (Wildman–Crippen LogP) is 3.87. The maximum absolute atomic E-state index is 12.8. The number of hydrogen-bond acceptors (Lipinski definition) is 4. The summed E-state index contributed by atoms with van der Waals surface area (Å²) in [5.74, 6) is -0.427. The van der Waals surface area contributed by atoms with E-state index in [1.54, 1.807) is 18.2 Å². The molecule has 3 rings (SSSR count). The molecular weight excluding hydrogens is 399 g/mol. The van der Waals surface area contributed by atoms with Gasteiger partial charge >= 0.3 is 0 Å². The summed E-state index contributed by atoms with van der Waals surface area (Å²) in [6.07, 6.45) is 0.347. The fourth-order valence-electron chi connectivity index (χ4n) is 3.41. The van der Waals surface area contributed by atoms with Crippen LogP contribution in [0.15, 0.2) is 42.5 Å². The topological polar surface area (TPSA) is 64.0 Å². The third kappa shape index (κ3) is 5.25. The van der Waals surface area contributed by atoms with E-state index in [1.165, 1.54) is 0 Å². The molecule has 5 nitrogen and oxygen atoms in total. The predicted molar refractivity (Wildman–Crippen MR) is 110 cm³/mol. The zero-order valence-electron chi connectivity index (χ0n) is 15.7. The fourth-order valence-corrected chi connectivity index (χ4v) is 3.73. The molecule has 1 amide bonds. The number of β-amino-alcohol motifs (C(OH)–C–C–N with tert-alkyl or cyclic N) is 1. The second-order valence-electron chi connectivity index (χ2n) is 7.29. The summed E-state index contributed by atoms with van der Waals surface area (Å²) in [6.45, 7) is 3.71. The number of aryl methyl sites for hydroxylation is 1. The summed E-state index contributed by atoms with van der Waals surface area (Å²) >= 11 is 12.0. The Labute approximate surface area is 175 Å². The van der Waals surface area contributed by atoms with Crippen LogP contribution in [0.5, 0.6) is 0 Å². The van der Waals surface area contributed by atoms with Crippen molar-refractivity contribution in [3.8, 4) is 0 Å². The summed E-state index contributed by atoms with van der Waals surface area (Å²) in [5.41, 5.74) is 2.63. The van der Waals surface area contributed by atoms with Crippen molar-refractivity contribution in [2.24, 2.45) is 0 Å². The van der Waals surface area contributed by atoms with E-state index in [1.807, 2.05) is 31.2 Å². The molecule has 2 N–H and O–H groups in total. The molecule has 1 saturated heterocycles. The molecule has 1 aliphatic rings. The van der Waals surface area contributed by atoms with E-state index in [0.29, 0.717) is 35.1 Å². The van der Waals surface area contributed by atoms with Crippen molar-refractivity contribution in [2.45, 2.75) is 31.9 Å². The minimum Gasteiger partial charge on any atom is -0.392 e. The number of carbonyl (C=O) groups is 1. The number of hydrogen-bond donors (Lipinski definition) is 2. The molecular formula is C21H24Cl2N2O3. The van der Waals surface area contributed by atoms with E-state index in [4.69, 9.17) is 23.2 Å². The molecule has 2 aromatic rings. The van der Waals surface area contributed by atoms with Gasteiger partial charge in [-0.3, -0.25) is 14.9 Å². The molecule has 0 unspecified atom stereocenters. The van der Waals surface area contributed by atoms with Crippen molar-refractivity contribution in [3.05, 3.63) is 69.2 Å². The molecule has 7 heteroatoms. The molecule has 2 atom stereocenters. The van der Waals surface area contributed by atoms with Crippen LogP contribution < -0.4 is 0 Å². The van der Waals surface area contributed by atoms with Gasteiger partial charge in [-0.25, -0.2) is 5.06 Å². The molecule has 1 aliphatic heterocycles. The monoisotopic (exact) mass is 422 g/mol. The second kappa shape index (κ2) is 9.25. The summed E-state index contributed by atoms with van der Waals surface area (Å²) in [7, 11) is 0. The molecule has 1 fully saturated rings. The van der Waals surface area contributed by atoms with Crippen molar-refractivity contribution in [3.63, 3.8) is 0 Å². The second-order valence-corrected chi connectivity index (χ2v) is 8.11. The van der Waals surface area contributed by atoms with E-state index < -0.39 is 11.9 Å². The lowest BCUT2D eigenvalue weighted by Crippen LogP contribution is -2.40. The first-order chi connectivity index (χ1) is 13.3. The summed E-state index contributed by atoms with van der Waals surface area (Å²) < 4.78 is 0. The third-order valence-electron chi connectivity index (χ3n) is 5.03. The first-order valence-electron chi connectivity index (χ1n) is 9.25. The average Bonchev–Trinajstić information content (AvgIpc) is 3.08. The van der Waals surface area contributed by atoms with Gasteiger partial charge in [-0.1, -0.05) is 59.1 Å². The standard InChI is InChI=1S/C21H24Cl2N2O3/c1-14-2-5-16(6-3-14)20(13-24-9-8-17(26)12-24)25(28)21(27)11-15-4-7-18(22)19(23)10-15/h2-7,10,17,20,26,28H,8-9,11-13H2,1H3/t17-,20+/m0/s1. The average molecular weight is 423 g/mol. The molecule has 0 bridgehead atoms. The molecule has 0 aliphatic carbocycles. The van der Waals surface area contributed by atoms with E-state index in [9.17, 15) is 15.1 Å². The van der Waals surface area contributed by atoms with Crippen LogP contribution in [0.2, 0.25) is 10.0 Å². The van der Waals surface area contributed by atoms with Gasteiger partial charge in [0, 0.05) is 19.6 Å². The Morgan fingerprint density at radius 1 is 1.21 bits per heavy atom. The van der Waals surface area contributed by atoms with Crippen LogP contribution >= 0.6 is 23.2 Å². The number of benzene rings is 2. The molecule has 28 heavy (non-hydrogen) atoms. The number of amides is 1. The SMILES string of the molecule is Cc1ccc([C@@H](CN2CC[C@H](O)C2)N(O)C(=O)Cc2ccc(Cl)c(Cl)c2)cc1. The van der Waals surface area contributed by atoms with Gasteiger partial charge in [-0.15, -0.1) is 0 Å².